The van der Waals surface area contributed by atoms with Crippen molar-refractivity contribution in [3.63, 3.8) is 0 Å². The highest BCUT2D eigenvalue weighted by Gasteiger charge is 2.24. The summed E-state index contributed by atoms with van der Waals surface area (Å²) in [5, 5.41) is 9.83. The molecule has 20 aromatic rings. The number of hydrogen-bond acceptors (Lipinski definition) is 12. The van der Waals surface area contributed by atoms with E-state index >= 15 is 0 Å². The van der Waals surface area contributed by atoms with Gasteiger partial charge < -0.3 is 53.5 Å². The highest BCUT2D eigenvalue weighted by atomic mass is 16.5. The lowest BCUT2D eigenvalue weighted by Crippen LogP contribution is -2.10. The molecule has 0 aromatic heterocycles. The van der Waals surface area contributed by atoms with Gasteiger partial charge in [-0.3, -0.25) is 4.79 Å². The Morgan fingerprint density at radius 1 is 0.167 bits per heavy atom. The number of carbonyl (C=O) groups is 1. The van der Waals surface area contributed by atoms with Crippen molar-refractivity contribution in [3.05, 3.63) is 518 Å². The van der Waals surface area contributed by atoms with Crippen molar-refractivity contribution in [2.75, 3.05) is 57.8 Å². The summed E-state index contributed by atoms with van der Waals surface area (Å²) in [6.45, 7) is 13.2. The van der Waals surface area contributed by atoms with Crippen LogP contribution in [0.15, 0.2) is 473 Å². The SMILES string of the molecule is CCc1ccc(N(c2ccc(CC)cc2)c2ccc(-c3cc(-c4ccc(N(c5ccc(CC)cc5)c5ccc(CC)cc5)cc4)cc(-c4ccc(N(c5ccc(CC)cc5)c5ccc(CC)cc5)cc4)c3)cc2)cc1.COc1ccc(N(c2ccc(C=O)cc2)c2ccc(-c3cc(-c4ccc(N(c5ccc(CO)cc5)c5ccc(OC)cc5)cc4)cc(-c4ccc(N(c5ccc(OC)cc5)c5ccc(OC)cc5)cc4)c3)cc2)cc1. The van der Waals surface area contributed by atoms with E-state index in [-0.39, 0.29) is 6.61 Å². The summed E-state index contributed by atoms with van der Waals surface area (Å²) in [4.78, 5) is 25.3. The number of aldehydes is 1. The molecule has 0 aliphatic carbocycles. The summed E-state index contributed by atoms with van der Waals surface area (Å²) >= 11 is 0. The molecule has 20 aromatic carbocycles. The lowest BCUT2D eigenvalue weighted by molar-refractivity contribution is 0.112. The van der Waals surface area contributed by atoms with Crippen LogP contribution in [0.2, 0.25) is 0 Å². The quantitative estimate of drug-likeness (QED) is 0.0379. The van der Waals surface area contributed by atoms with E-state index in [1.807, 2.05) is 121 Å². The number of aliphatic hydroxyl groups excluding tert-OH is 1. The number of nitrogens with zero attached hydrogens (tertiary/aromatic N) is 6. The predicted molar refractivity (Wildman–Crippen MR) is 627 cm³/mol. The molecule has 0 radical (unpaired) electrons. The Bertz CT molecular complexity index is 7060. The minimum atomic E-state index is -0.0291. The molecule has 0 saturated heterocycles. The fourth-order valence-corrected chi connectivity index (χ4v) is 19.4. The highest BCUT2D eigenvalue weighted by Crippen LogP contribution is 2.48. The fraction of sp³-hybridized carbons (Fsp3) is 0.123. The van der Waals surface area contributed by atoms with Gasteiger partial charge >= 0.3 is 0 Å². The van der Waals surface area contributed by atoms with Gasteiger partial charge in [-0.05, 0) is 460 Å². The van der Waals surface area contributed by atoms with E-state index in [1.165, 1.54) is 33.4 Å². The molecule has 742 valence electrons. The Balaban J connectivity index is 0.000000188. The number of benzene rings is 20. The molecular formula is C138H124N6O6. The average Bonchev–Trinajstić information content (AvgIpc) is 0.856. The van der Waals surface area contributed by atoms with Crippen molar-refractivity contribution >= 4 is 109 Å². The lowest BCUT2D eigenvalue weighted by Gasteiger charge is -2.26. The maximum Gasteiger partial charge on any atom is 0.150 e. The number of methoxy groups -OCH3 is 4. The molecule has 0 fully saturated rings. The largest absolute Gasteiger partial charge is 0.497 e. The van der Waals surface area contributed by atoms with Gasteiger partial charge in [0.25, 0.3) is 0 Å². The van der Waals surface area contributed by atoms with Gasteiger partial charge in [-0.15, -0.1) is 0 Å². The van der Waals surface area contributed by atoms with E-state index < -0.39 is 0 Å². The van der Waals surface area contributed by atoms with Crippen molar-refractivity contribution in [1.82, 2.24) is 0 Å². The topological polar surface area (TPSA) is 93.7 Å². The first kappa shape index (κ1) is 101. The first-order valence-electron chi connectivity index (χ1n) is 51.8. The van der Waals surface area contributed by atoms with Gasteiger partial charge in [-0.2, -0.15) is 0 Å². The lowest BCUT2D eigenvalue weighted by atomic mass is 9.93. The van der Waals surface area contributed by atoms with Gasteiger partial charge in [-0.25, -0.2) is 0 Å². The Morgan fingerprint density at radius 2 is 0.287 bits per heavy atom. The third kappa shape index (κ3) is 23.1. The number of aryl methyl sites for hydroxylation is 6. The second-order valence-electron chi connectivity index (χ2n) is 37.3. The number of carbonyl (C=O) groups excluding carboxylic acids is 1. The van der Waals surface area contributed by atoms with Crippen LogP contribution in [0.1, 0.15) is 90.8 Å². The minimum absolute atomic E-state index is 0.0291. The maximum atomic E-state index is 11.6. The Labute approximate surface area is 883 Å². The zero-order valence-electron chi connectivity index (χ0n) is 86.7. The zero-order valence-corrected chi connectivity index (χ0v) is 86.7. The molecule has 1 N–H and O–H groups in total. The summed E-state index contributed by atoms with van der Waals surface area (Å²) < 4.78 is 22.0. The normalized spacial score (nSPS) is 11.0. The van der Waals surface area contributed by atoms with Crippen molar-refractivity contribution < 1.29 is 28.8 Å². The van der Waals surface area contributed by atoms with E-state index in [1.54, 1.807) is 28.4 Å². The van der Waals surface area contributed by atoms with Crippen molar-refractivity contribution in [1.29, 1.82) is 0 Å². The van der Waals surface area contributed by atoms with Crippen LogP contribution >= 0.6 is 0 Å². The first-order valence-corrected chi connectivity index (χ1v) is 51.8. The van der Waals surface area contributed by atoms with Crippen LogP contribution < -0.4 is 48.3 Å². The number of anilines is 18. The van der Waals surface area contributed by atoms with E-state index in [0.29, 0.717) is 5.56 Å². The molecule has 0 aliphatic heterocycles. The van der Waals surface area contributed by atoms with Gasteiger partial charge in [0.1, 0.15) is 29.3 Å². The summed E-state index contributed by atoms with van der Waals surface area (Å²) in [5.41, 5.74) is 41.6. The molecule has 0 spiro atoms. The van der Waals surface area contributed by atoms with Gasteiger partial charge in [-0.1, -0.05) is 199 Å². The molecule has 0 atom stereocenters. The minimum Gasteiger partial charge on any atom is -0.497 e. The van der Waals surface area contributed by atoms with E-state index in [9.17, 15) is 9.90 Å². The number of hydrogen-bond donors (Lipinski definition) is 1. The highest BCUT2D eigenvalue weighted by molar-refractivity contribution is 5.91. The Morgan fingerprint density at radius 3 is 0.407 bits per heavy atom. The van der Waals surface area contributed by atoms with Crippen LogP contribution in [0, 0.1) is 0 Å². The second kappa shape index (κ2) is 47.5. The van der Waals surface area contributed by atoms with Crippen LogP contribution in [-0.2, 0) is 45.1 Å². The molecule has 0 bridgehead atoms. The van der Waals surface area contributed by atoms with Crippen molar-refractivity contribution in [2.24, 2.45) is 0 Å². The Kier molecular flexibility index (Phi) is 31.9. The molecule has 12 heteroatoms. The average molecular weight is 1960 g/mol. The van der Waals surface area contributed by atoms with Crippen LogP contribution in [0.4, 0.5) is 102 Å². The van der Waals surface area contributed by atoms with Crippen LogP contribution in [0.25, 0.3) is 66.8 Å². The van der Waals surface area contributed by atoms with Crippen LogP contribution in [0.5, 0.6) is 23.0 Å². The summed E-state index contributed by atoms with van der Waals surface area (Å²) in [6, 6.07) is 169. The van der Waals surface area contributed by atoms with Crippen LogP contribution in [-0.4, -0.2) is 39.8 Å². The van der Waals surface area contributed by atoms with Gasteiger partial charge in [0.15, 0.2) is 0 Å². The zero-order chi connectivity index (χ0) is 103. The molecule has 0 saturated carbocycles. The molecule has 0 amide bonds. The van der Waals surface area contributed by atoms with Crippen molar-refractivity contribution in [3.8, 4) is 89.8 Å². The van der Waals surface area contributed by atoms with Gasteiger partial charge in [0.05, 0.1) is 35.0 Å². The summed E-state index contributed by atoms with van der Waals surface area (Å²) in [6.07, 6.45) is 6.91. The maximum absolute atomic E-state index is 11.6. The predicted octanol–water partition coefficient (Wildman–Crippen LogP) is 36.9. The second-order valence-corrected chi connectivity index (χ2v) is 37.3. The molecule has 150 heavy (non-hydrogen) atoms. The third-order valence-corrected chi connectivity index (χ3v) is 28.2. The molecule has 0 unspecified atom stereocenters. The molecule has 12 nitrogen and oxygen atoms in total. The van der Waals surface area contributed by atoms with Gasteiger partial charge in [0.2, 0.25) is 0 Å². The van der Waals surface area contributed by atoms with Gasteiger partial charge in [0, 0.05) is 108 Å². The van der Waals surface area contributed by atoms with Crippen LogP contribution in [0.3, 0.4) is 0 Å². The standard InChI is InChI=1S/C72H69N3.C66H55N3O6/c1-7-52-13-31-64(32-14-52)73(65-33-15-53(8-2)16-34-65)70-43-25-58(26-44-70)61-49-62(59-27-45-71(46-28-59)74(66-35-17-54(9-3)18-36-66)67-37-19-55(10-4)20-38-67)51-63(50-61)60-29-47-72(48-30-60)75(68-39-21-56(11-5)22-40-68)69-41-23-57(12-6)24-42-69;1-72-63-33-25-59(26-34-63)67(54-15-5-46(44-70)6-16-54)56-19-9-48(10-20-56)51-41-52(49-11-21-57(22-12-49)68(55-17-7-47(45-71)8-18-55)60-27-35-64(73-2)36-28-60)43-53(42-51)50-13-23-58(24-14-50)69(61-29-37-65(74-3)38-30-61)62-31-39-66(75-4)40-32-62/h13-51H,7-12H2,1-6H3;5-44,71H,45H2,1-4H3. The first-order chi connectivity index (χ1) is 73.7. The van der Waals surface area contributed by atoms with Crippen molar-refractivity contribution in [2.45, 2.75) is 86.7 Å². The molecule has 20 rings (SSSR count). The Hall–Kier alpha value is -18.0. The molecular weight excluding hydrogens is 1840 g/mol. The molecule has 0 heterocycles. The fourth-order valence-electron chi connectivity index (χ4n) is 19.4. The smallest absolute Gasteiger partial charge is 0.150 e. The number of aliphatic hydroxyl groups is 1. The number of ether oxygens (including phenoxy) is 4. The van der Waals surface area contributed by atoms with E-state index in [4.69, 9.17) is 18.9 Å². The third-order valence-electron chi connectivity index (χ3n) is 28.2. The van der Waals surface area contributed by atoms with E-state index in [0.717, 1.165) is 243 Å². The summed E-state index contributed by atoms with van der Waals surface area (Å²) in [5.74, 6) is 3.11. The molecule has 0 aliphatic rings. The number of rotatable bonds is 36. The van der Waals surface area contributed by atoms with E-state index in [2.05, 4.69) is 423 Å². The summed E-state index contributed by atoms with van der Waals surface area (Å²) in [7, 11) is 6.68. The monoisotopic (exact) mass is 1960 g/mol.